The molecule has 1 amide bonds. The molecule has 0 aliphatic carbocycles. The van der Waals surface area contributed by atoms with E-state index in [4.69, 9.17) is 4.74 Å². The fourth-order valence-electron chi connectivity index (χ4n) is 2.75. The second-order valence-corrected chi connectivity index (χ2v) is 5.94. The summed E-state index contributed by atoms with van der Waals surface area (Å²) in [4.78, 5) is 25.8. The molecule has 0 aromatic heterocycles. The number of ether oxygens (including phenoxy) is 1. The van der Waals surface area contributed by atoms with Crippen LogP contribution < -0.4 is 5.32 Å². The number of carbonyl (C=O) groups excluding carboxylic acids is 2. The Morgan fingerprint density at radius 2 is 1.76 bits per heavy atom. The van der Waals surface area contributed by atoms with Gasteiger partial charge in [0.25, 0.3) is 5.91 Å². The smallest absolute Gasteiger partial charge is 0.442 e. The fourth-order valence-corrected chi connectivity index (χ4v) is 2.75. The van der Waals surface area contributed by atoms with Crippen molar-refractivity contribution in [3.05, 3.63) is 35.4 Å². The van der Waals surface area contributed by atoms with Crippen LogP contribution in [0.25, 0.3) is 0 Å². The van der Waals surface area contributed by atoms with Crippen molar-refractivity contribution < 1.29 is 27.5 Å². The van der Waals surface area contributed by atoms with Gasteiger partial charge in [0.1, 0.15) is 0 Å². The van der Waals surface area contributed by atoms with Crippen molar-refractivity contribution in [2.75, 3.05) is 27.2 Å². The topological polar surface area (TPSA) is 83.4 Å². The number of hydrogen-bond acceptors (Lipinski definition) is 6. The first kappa shape index (κ1) is 17.3. The Balaban J connectivity index is 1.81. The van der Waals surface area contributed by atoms with Gasteiger partial charge in [-0.15, -0.1) is 10.2 Å². The van der Waals surface area contributed by atoms with E-state index < -0.39 is 29.3 Å². The number of halogens is 3. The zero-order chi connectivity index (χ0) is 18.5. The van der Waals surface area contributed by atoms with Gasteiger partial charge in [0.15, 0.2) is 5.54 Å². The van der Waals surface area contributed by atoms with E-state index in [0.29, 0.717) is 0 Å². The number of benzene rings is 1. The van der Waals surface area contributed by atoms with Gasteiger partial charge < -0.3 is 15.0 Å². The average molecular weight is 356 g/mol. The summed E-state index contributed by atoms with van der Waals surface area (Å²) in [5.41, 5.74) is -3.64. The minimum absolute atomic E-state index is 0.152. The maximum atomic E-state index is 13.0. The third kappa shape index (κ3) is 2.48. The van der Waals surface area contributed by atoms with Crippen LogP contribution in [-0.4, -0.2) is 55.7 Å². The van der Waals surface area contributed by atoms with Crippen LogP contribution in [0.15, 0.2) is 34.5 Å². The second-order valence-electron chi connectivity index (χ2n) is 5.94. The molecule has 2 heterocycles. The van der Waals surface area contributed by atoms with Crippen molar-refractivity contribution in [2.45, 2.75) is 17.4 Å². The first-order valence-corrected chi connectivity index (χ1v) is 7.36. The predicted octanol–water partition coefficient (Wildman–Crippen LogP) is 1.45. The Labute approximate surface area is 140 Å². The molecule has 1 aromatic rings. The van der Waals surface area contributed by atoms with E-state index in [9.17, 15) is 22.8 Å². The molecule has 1 saturated heterocycles. The minimum atomic E-state index is -4.62. The summed E-state index contributed by atoms with van der Waals surface area (Å²) in [6, 6.07) is 4.86. The number of nitrogens with zero attached hydrogens (tertiary/aromatic N) is 3. The molecule has 2 aliphatic rings. The molecule has 3 rings (SSSR count). The molecule has 0 atom stereocenters. The summed E-state index contributed by atoms with van der Waals surface area (Å²) in [6.07, 6.45) is -4.62. The van der Waals surface area contributed by atoms with Crippen molar-refractivity contribution in [1.82, 2.24) is 10.2 Å². The van der Waals surface area contributed by atoms with Crippen LogP contribution >= 0.6 is 0 Å². The van der Waals surface area contributed by atoms with Crippen LogP contribution in [0.5, 0.6) is 0 Å². The summed E-state index contributed by atoms with van der Waals surface area (Å²) >= 11 is 0. The van der Waals surface area contributed by atoms with Crippen molar-refractivity contribution in [1.29, 1.82) is 0 Å². The van der Waals surface area contributed by atoms with Gasteiger partial charge in [0.2, 0.25) is 0 Å². The summed E-state index contributed by atoms with van der Waals surface area (Å²) in [5.74, 6) is -1.05. The van der Waals surface area contributed by atoms with Crippen molar-refractivity contribution in [3.63, 3.8) is 0 Å². The highest BCUT2D eigenvalue weighted by molar-refractivity contribution is 5.98. The molecule has 134 valence electrons. The number of alkyl halides is 3. The second kappa shape index (κ2) is 5.51. The summed E-state index contributed by atoms with van der Waals surface area (Å²) in [5, 5.41) is 9.15. The molecule has 0 unspecified atom stereocenters. The highest BCUT2D eigenvalue weighted by atomic mass is 19.4. The predicted molar refractivity (Wildman–Crippen MR) is 78.7 cm³/mol. The van der Waals surface area contributed by atoms with E-state index in [1.165, 1.54) is 43.3 Å². The fraction of sp³-hybridized carbons (Fsp3) is 0.467. The number of hydrogen-bond donors (Lipinski definition) is 1. The van der Waals surface area contributed by atoms with E-state index in [-0.39, 0.29) is 24.2 Å². The Hall–Kier alpha value is -2.49. The zero-order valence-electron chi connectivity index (χ0n) is 13.4. The molecule has 0 spiro atoms. The number of carbonyl (C=O) groups is 2. The molecule has 7 nitrogen and oxygen atoms in total. The van der Waals surface area contributed by atoms with Crippen LogP contribution in [-0.2, 0) is 15.2 Å². The zero-order valence-corrected chi connectivity index (χ0v) is 13.4. The summed E-state index contributed by atoms with van der Waals surface area (Å²) in [6.45, 7) is 0.490. The lowest BCUT2D eigenvalue weighted by atomic mass is 9.89. The average Bonchev–Trinajstić information content (AvgIpc) is 3.34. The first-order chi connectivity index (χ1) is 11.7. The van der Waals surface area contributed by atoms with Gasteiger partial charge in [-0.25, -0.2) is 4.79 Å². The van der Waals surface area contributed by atoms with Crippen LogP contribution in [0.1, 0.15) is 15.9 Å². The minimum Gasteiger partial charge on any atom is -0.467 e. The normalized spacial score (nSPS) is 19.7. The van der Waals surface area contributed by atoms with E-state index in [2.05, 4.69) is 15.5 Å². The number of esters is 1. The summed E-state index contributed by atoms with van der Waals surface area (Å²) in [7, 11) is 2.69. The van der Waals surface area contributed by atoms with E-state index in [1.807, 2.05) is 0 Å². The molecule has 25 heavy (non-hydrogen) atoms. The monoisotopic (exact) mass is 356 g/mol. The number of rotatable bonds is 4. The highest BCUT2D eigenvalue weighted by Gasteiger charge is 2.65. The van der Waals surface area contributed by atoms with Crippen molar-refractivity contribution in [3.8, 4) is 0 Å². The largest absolute Gasteiger partial charge is 0.467 e. The van der Waals surface area contributed by atoms with Gasteiger partial charge in [-0.3, -0.25) is 4.79 Å². The lowest BCUT2D eigenvalue weighted by Gasteiger charge is -2.46. The van der Waals surface area contributed by atoms with Gasteiger partial charge in [-0.2, -0.15) is 13.2 Å². The molecular weight excluding hydrogens is 341 g/mol. The lowest BCUT2D eigenvalue weighted by molar-refractivity contribution is -0.166. The molecule has 2 aliphatic heterocycles. The Morgan fingerprint density at radius 1 is 1.20 bits per heavy atom. The van der Waals surface area contributed by atoms with Gasteiger partial charge in [0, 0.05) is 31.3 Å². The Morgan fingerprint density at radius 3 is 2.12 bits per heavy atom. The van der Waals surface area contributed by atoms with Gasteiger partial charge in [-0.05, 0) is 12.1 Å². The molecular formula is C15H15F3N4O3. The third-order valence-electron chi connectivity index (χ3n) is 4.58. The maximum absolute atomic E-state index is 13.0. The van der Waals surface area contributed by atoms with Crippen molar-refractivity contribution >= 4 is 11.9 Å². The summed E-state index contributed by atoms with van der Waals surface area (Å²) < 4.78 is 43.7. The quantitative estimate of drug-likeness (QED) is 0.828. The number of methoxy groups -OCH3 is 1. The van der Waals surface area contributed by atoms with Gasteiger partial charge >= 0.3 is 17.8 Å². The lowest BCUT2D eigenvalue weighted by Crippen LogP contribution is -2.73. The molecule has 0 bridgehead atoms. The molecule has 1 aromatic carbocycles. The first-order valence-electron chi connectivity index (χ1n) is 7.36. The standard InChI is InChI=1S/C15H15F3N4O3/c1-22(13(7-19-8-13)12(24)25-2)11(23)9-3-5-10(6-4-9)14(20-21-14)15(16,17)18/h3-6,19H,7-8H2,1-2H3. The molecule has 1 N–H and O–H groups in total. The number of amides is 1. The Bertz CT molecular complexity index is 735. The van der Waals surface area contributed by atoms with Crippen LogP contribution in [0.2, 0.25) is 0 Å². The van der Waals surface area contributed by atoms with E-state index in [1.54, 1.807) is 0 Å². The van der Waals surface area contributed by atoms with Crippen molar-refractivity contribution in [2.24, 2.45) is 10.2 Å². The van der Waals surface area contributed by atoms with Crippen LogP contribution in [0, 0.1) is 0 Å². The highest BCUT2D eigenvalue weighted by Crippen LogP contribution is 2.52. The van der Waals surface area contributed by atoms with E-state index in [0.717, 1.165) is 0 Å². The third-order valence-corrected chi connectivity index (χ3v) is 4.58. The van der Waals surface area contributed by atoms with E-state index >= 15 is 0 Å². The van der Waals surface area contributed by atoms with Crippen LogP contribution in [0.3, 0.4) is 0 Å². The van der Waals surface area contributed by atoms with Gasteiger partial charge in [0.05, 0.1) is 7.11 Å². The number of nitrogens with one attached hydrogen (secondary N) is 1. The molecule has 0 saturated carbocycles. The maximum Gasteiger partial charge on any atom is 0.442 e. The Kier molecular flexibility index (Phi) is 3.82. The molecule has 10 heteroatoms. The van der Waals surface area contributed by atoms with Crippen LogP contribution in [0.4, 0.5) is 13.2 Å². The molecule has 1 fully saturated rings. The van der Waals surface area contributed by atoms with Gasteiger partial charge in [-0.1, -0.05) is 12.1 Å². The number of likely N-dealkylation sites (N-methyl/N-ethyl adjacent to an activating group) is 1. The molecule has 0 radical (unpaired) electrons. The SMILES string of the molecule is COC(=O)C1(N(C)C(=O)c2ccc(C3(C(F)(F)F)N=N3)cc2)CNC1.